The molecule has 0 amide bonds. The fourth-order valence-electron chi connectivity index (χ4n) is 1.38. The lowest BCUT2D eigenvalue weighted by Gasteiger charge is -2.12. The van der Waals surface area contributed by atoms with Gasteiger partial charge in [0.25, 0.3) is 0 Å². The minimum atomic E-state index is 0.589. The molecule has 0 rings (SSSR count). The molecule has 0 aliphatic rings. The average molecular weight is 233 g/mol. The molecule has 0 aliphatic carbocycles. The van der Waals surface area contributed by atoms with Crippen molar-refractivity contribution in [3.8, 4) is 0 Å². The minimum absolute atomic E-state index is 0.589. The monoisotopic (exact) mass is 233 g/mol. The Morgan fingerprint density at radius 3 is 2.25 bits per heavy atom. The molecule has 0 heterocycles. The zero-order valence-electron chi connectivity index (χ0n) is 11.0. The van der Waals surface area contributed by atoms with E-state index in [2.05, 4.69) is 19.2 Å². The number of rotatable bonds is 12. The molecule has 1 N–H and O–H groups in total. The lowest BCUT2D eigenvalue weighted by atomic mass is 10.2. The standard InChI is InChI=1S/C12H27NO3/c1-4-5-12(2)13-6-7-15-10-11-16-9-8-14-3/h12-13H,4-11H2,1-3H3. The molecular weight excluding hydrogens is 206 g/mol. The summed E-state index contributed by atoms with van der Waals surface area (Å²) in [6.07, 6.45) is 2.45. The maximum Gasteiger partial charge on any atom is 0.0701 e. The summed E-state index contributed by atoms with van der Waals surface area (Å²) < 4.78 is 15.5. The first-order valence-corrected chi connectivity index (χ1v) is 6.19. The molecule has 4 heteroatoms. The molecule has 0 radical (unpaired) electrons. The second-order valence-electron chi connectivity index (χ2n) is 3.86. The van der Waals surface area contributed by atoms with Gasteiger partial charge in [-0.25, -0.2) is 0 Å². The first-order valence-electron chi connectivity index (χ1n) is 6.19. The molecule has 0 aromatic heterocycles. The van der Waals surface area contributed by atoms with Crippen LogP contribution in [-0.2, 0) is 14.2 Å². The van der Waals surface area contributed by atoms with Crippen LogP contribution >= 0.6 is 0 Å². The summed E-state index contributed by atoms with van der Waals surface area (Å²) in [6.45, 7) is 8.67. The number of hydrogen-bond acceptors (Lipinski definition) is 4. The van der Waals surface area contributed by atoms with Gasteiger partial charge in [-0.2, -0.15) is 0 Å². The highest BCUT2D eigenvalue weighted by atomic mass is 16.5. The van der Waals surface area contributed by atoms with E-state index in [0.29, 0.717) is 32.5 Å². The van der Waals surface area contributed by atoms with Gasteiger partial charge >= 0.3 is 0 Å². The summed E-state index contributed by atoms with van der Waals surface area (Å²) in [4.78, 5) is 0. The van der Waals surface area contributed by atoms with Crippen LogP contribution < -0.4 is 5.32 Å². The van der Waals surface area contributed by atoms with Crippen molar-refractivity contribution in [1.82, 2.24) is 5.32 Å². The number of ether oxygens (including phenoxy) is 3. The molecular formula is C12H27NO3. The predicted octanol–water partition coefficient (Wildman–Crippen LogP) is 1.44. The highest BCUT2D eigenvalue weighted by Gasteiger charge is 1.97. The van der Waals surface area contributed by atoms with Gasteiger partial charge in [-0.15, -0.1) is 0 Å². The van der Waals surface area contributed by atoms with Gasteiger partial charge < -0.3 is 19.5 Å². The van der Waals surface area contributed by atoms with E-state index >= 15 is 0 Å². The second kappa shape index (κ2) is 12.9. The molecule has 1 unspecified atom stereocenters. The quantitative estimate of drug-likeness (QED) is 0.518. The smallest absolute Gasteiger partial charge is 0.0701 e. The number of methoxy groups -OCH3 is 1. The van der Waals surface area contributed by atoms with Crippen LogP contribution in [0.5, 0.6) is 0 Å². The second-order valence-corrected chi connectivity index (χ2v) is 3.86. The highest BCUT2D eigenvalue weighted by Crippen LogP contribution is 1.93. The summed E-state index contributed by atoms with van der Waals surface area (Å²) in [6, 6.07) is 0.589. The van der Waals surface area contributed by atoms with Crippen molar-refractivity contribution in [2.24, 2.45) is 0 Å². The van der Waals surface area contributed by atoms with E-state index in [1.165, 1.54) is 12.8 Å². The molecule has 0 aliphatic heterocycles. The zero-order valence-corrected chi connectivity index (χ0v) is 11.0. The van der Waals surface area contributed by atoms with Crippen molar-refractivity contribution in [2.75, 3.05) is 46.7 Å². The van der Waals surface area contributed by atoms with Gasteiger partial charge in [0, 0.05) is 19.7 Å². The Morgan fingerprint density at radius 2 is 1.62 bits per heavy atom. The Kier molecular flexibility index (Phi) is 12.8. The number of hydrogen-bond donors (Lipinski definition) is 1. The van der Waals surface area contributed by atoms with Crippen LogP contribution in [-0.4, -0.2) is 52.7 Å². The van der Waals surface area contributed by atoms with Crippen molar-refractivity contribution in [3.63, 3.8) is 0 Å². The van der Waals surface area contributed by atoms with E-state index in [4.69, 9.17) is 14.2 Å². The van der Waals surface area contributed by atoms with Crippen LogP contribution in [0.3, 0.4) is 0 Å². The van der Waals surface area contributed by atoms with Crippen LogP contribution in [0.2, 0.25) is 0 Å². The van der Waals surface area contributed by atoms with E-state index in [1.807, 2.05) is 0 Å². The molecule has 4 nitrogen and oxygen atoms in total. The third kappa shape index (κ3) is 11.9. The molecule has 0 aromatic rings. The van der Waals surface area contributed by atoms with Crippen LogP contribution in [0.25, 0.3) is 0 Å². The molecule has 98 valence electrons. The predicted molar refractivity (Wildman–Crippen MR) is 65.9 cm³/mol. The Labute approximate surface area is 99.6 Å². The van der Waals surface area contributed by atoms with Crippen LogP contribution in [0, 0.1) is 0 Å². The summed E-state index contributed by atoms with van der Waals surface area (Å²) in [5.74, 6) is 0. The molecule has 1 atom stereocenters. The molecule has 0 fully saturated rings. The van der Waals surface area contributed by atoms with Gasteiger partial charge in [-0.05, 0) is 13.3 Å². The van der Waals surface area contributed by atoms with Gasteiger partial charge in [0.15, 0.2) is 0 Å². The van der Waals surface area contributed by atoms with Gasteiger partial charge in [-0.3, -0.25) is 0 Å². The number of nitrogens with one attached hydrogen (secondary N) is 1. The topological polar surface area (TPSA) is 39.7 Å². The Bertz CT molecular complexity index is 133. The van der Waals surface area contributed by atoms with Gasteiger partial charge in [0.05, 0.1) is 33.0 Å². The fourth-order valence-corrected chi connectivity index (χ4v) is 1.38. The lowest BCUT2D eigenvalue weighted by Crippen LogP contribution is -2.29. The molecule has 0 aromatic carbocycles. The lowest BCUT2D eigenvalue weighted by molar-refractivity contribution is 0.0252. The third-order valence-corrected chi connectivity index (χ3v) is 2.26. The van der Waals surface area contributed by atoms with Crippen molar-refractivity contribution < 1.29 is 14.2 Å². The van der Waals surface area contributed by atoms with Crippen LogP contribution in [0.1, 0.15) is 26.7 Å². The summed E-state index contributed by atoms with van der Waals surface area (Å²) in [7, 11) is 1.67. The first-order chi connectivity index (χ1) is 7.81. The normalized spacial score (nSPS) is 12.9. The molecule has 0 bridgehead atoms. The van der Waals surface area contributed by atoms with E-state index in [-0.39, 0.29) is 0 Å². The Hall–Kier alpha value is -0.160. The summed E-state index contributed by atoms with van der Waals surface area (Å²) in [5, 5.41) is 3.41. The van der Waals surface area contributed by atoms with E-state index in [9.17, 15) is 0 Å². The first kappa shape index (κ1) is 15.8. The molecule has 16 heavy (non-hydrogen) atoms. The Morgan fingerprint density at radius 1 is 1.00 bits per heavy atom. The summed E-state index contributed by atoms with van der Waals surface area (Å²) in [5.41, 5.74) is 0. The largest absolute Gasteiger partial charge is 0.382 e. The van der Waals surface area contributed by atoms with Gasteiger partial charge in [-0.1, -0.05) is 13.3 Å². The van der Waals surface area contributed by atoms with E-state index in [0.717, 1.165) is 13.2 Å². The van der Waals surface area contributed by atoms with Crippen molar-refractivity contribution in [1.29, 1.82) is 0 Å². The molecule has 0 saturated carbocycles. The van der Waals surface area contributed by atoms with Crippen molar-refractivity contribution in [3.05, 3.63) is 0 Å². The maximum atomic E-state index is 5.41. The summed E-state index contributed by atoms with van der Waals surface area (Å²) >= 11 is 0. The SMILES string of the molecule is CCCC(C)NCCOCCOCCOC. The maximum absolute atomic E-state index is 5.41. The molecule has 0 saturated heterocycles. The van der Waals surface area contributed by atoms with E-state index < -0.39 is 0 Å². The van der Waals surface area contributed by atoms with Crippen molar-refractivity contribution >= 4 is 0 Å². The van der Waals surface area contributed by atoms with Gasteiger partial charge in [0.2, 0.25) is 0 Å². The van der Waals surface area contributed by atoms with Gasteiger partial charge in [0.1, 0.15) is 0 Å². The third-order valence-electron chi connectivity index (χ3n) is 2.26. The van der Waals surface area contributed by atoms with Crippen LogP contribution in [0.15, 0.2) is 0 Å². The average Bonchev–Trinajstić information content (AvgIpc) is 2.27. The fraction of sp³-hybridized carbons (Fsp3) is 1.00. The molecule has 0 spiro atoms. The zero-order chi connectivity index (χ0) is 12.1. The highest BCUT2D eigenvalue weighted by molar-refractivity contribution is 4.58. The van der Waals surface area contributed by atoms with E-state index in [1.54, 1.807) is 7.11 Å². The minimum Gasteiger partial charge on any atom is -0.382 e. The Balaban J connectivity index is 2.98. The van der Waals surface area contributed by atoms with Crippen LogP contribution in [0.4, 0.5) is 0 Å². The van der Waals surface area contributed by atoms with Crippen molar-refractivity contribution in [2.45, 2.75) is 32.7 Å².